The van der Waals surface area contributed by atoms with E-state index in [0.717, 1.165) is 37.8 Å². The summed E-state index contributed by atoms with van der Waals surface area (Å²) in [5.74, 6) is -4.51. The normalized spacial score (nSPS) is 18.4. The van der Waals surface area contributed by atoms with Crippen LogP contribution in [0.4, 0.5) is 8.78 Å². The lowest BCUT2D eigenvalue weighted by molar-refractivity contribution is -0.145. The number of likely N-dealkylation sites (tertiary alicyclic amines) is 1. The number of benzene rings is 2. The molecule has 0 aromatic heterocycles. The third-order valence-corrected chi connectivity index (χ3v) is 8.76. The van der Waals surface area contributed by atoms with Crippen LogP contribution < -0.4 is 19.9 Å². The number of carbonyl (C=O) groups is 1. The largest absolute Gasteiger partial charge is 0.495 e. The maximum Gasteiger partial charge on any atom is 0.298 e. The predicted octanol–water partition coefficient (Wildman–Crippen LogP) is 4.06. The molecule has 3 N–H and O–H groups in total. The number of halogens is 3. The van der Waals surface area contributed by atoms with Crippen LogP contribution in [0.1, 0.15) is 44.1 Å². The SMILES string of the molecule is COc1cc(C(F)(F)[C@@H](NS(=O)(=O)c2ccc(OC3CCCC3)cc2)C(=O)N2CCC(N)CC2)ccc1Cl. The van der Waals surface area contributed by atoms with E-state index in [2.05, 4.69) is 0 Å². The zero-order valence-corrected chi connectivity index (χ0v) is 22.6. The summed E-state index contributed by atoms with van der Waals surface area (Å²) in [7, 11) is -3.26. The van der Waals surface area contributed by atoms with Gasteiger partial charge in [0.1, 0.15) is 11.5 Å². The number of sulfonamides is 1. The van der Waals surface area contributed by atoms with Crippen LogP contribution in [0.25, 0.3) is 0 Å². The number of nitrogens with two attached hydrogens (primary N) is 1. The highest BCUT2D eigenvalue weighted by atomic mass is 35.5. The number of ether oxygens (including phenoxy) is 2. The second-order valence-electron chi connectivity index (χ2n) is 9.69. The van der Waals surface area contributed by atoms with Crippen molar-refractivity contribution >= 4 is 27.5 Å². The molecule has 2 aromatic rings. The Kier molecular flexibility index (Phi) is 8.81. The van der Waals surface area contributed by atoms with E-state index in [1.807, 2.05) is 4.72 Å². The zero-order chi connectivity index (χ0) is 27.5. The molecule has 8 nitrogen and oxygen atoms in total. The van der Waals surface area contributed by atoms with Crippen molar-refractivity contribution in [3.63, 3.8) is 0 Å². The van der Waals surface area contributed by atoms with Crippen LogP contribution in [0, 0.1) is 0 Å². The summed E-state index contributed by atoms with van der Waals surface area (Å²) >= 11 is 6.00. The Bertz CT molecular complexity index is 1230. The van der Waals surface area contributed by atoms with E-state index in [9.17, 15) is 13.2 Å². The zero-order valence-electron chi connectivity index (χ0n) is 21.0. The predicted molar refractivity (Wildman–Crippen MR) is 139 cm³/mol. The molecule has 0 radical (unpaired) electrons. The standard InChI is InChI=1S/C26H32ClF2N3O5S/c1-36-23-16-17(6-11-22(23)27)26(28,29)24(25(33)32-14-12-18(30)13-15-32)31-38(34,35)21-9-7-20(8-10-21)37-19-4-2-3-5-19/h6-11,16,18-19,24,31H,2-5,12-15,30H2,1H3/t24-/m0/s1. The van der Waals surface area contributed by atoms with Crippen molar-refractivity contribution in [1.82, 2.24) is 9.62 Å². The minimum atomic E-state index is -4.53. The smallest absolute Gasteiger partial charge is 0.298 e. The Labute approximate surface area is 226 Å². The first kappa shape index (κ1) is 28.5. The van der Waals surface area contributed by atoms with Gasteiger partial charge in [0.15, 0.2) is 6.04 Å². The number of carbonyl (C=O) groups excluding carboxylic acids is 1. The summed E-state index contributed by atoms with van der Waals surface area (Å²) in [6.07, 6.45) is 4.93. The molecule has 1 saturated heterocycles. The van der Waals surface area contributed by atoms with Gasteiger partial charge in [-0.1, -0.05) is 17.7 Å². The Balaban J connectivity index is 1.63. The second-order valence-corrected chi connectivity index (χ2v) is 11.8. The molecule has 0 unspecified atom stereocenters. The maximum absolute atomic E-state index is 16.0. The fourth-order valence-electron chi connectivity index (χ4n) is 4.73. The van der Waals surface area contributed by atoms with E-state index < -0.39 is 33.5 Å². The van der Waals surface area contributed by atoms with Crippen molar-refractivity contribution in [3.05, 3.63) is 53.1 Å². The van der Waals surface area contributed by atoms with E-state index in [1.54, 1.807) is 0 Å². The summed E-state index contributed by atoms with van der Waals surface area (Å²) in [5.41, 5.74) is 5.29. The van der Waals surface area contributed by atoms with Crippen molar-refractivity contribution in [3.8, 4) is 11.5 Å². The molecule has 1 saturated carbocycles. The Hall–Kier alpha value is -2.47. The van der Waals surface area contributed by atoms with E-state index in [0.29, 0.717) is 18.6 Å². The van der Waals surface area contributed by atoms with E-state index in [4.69, 9.17) is 26.8 Å². The fourth-order valence-corrected chi connectivity index (χ4v) is 6.12. The van der Waals surface area contributed by atoms with Crippen LogP contribution >= 0.6 is 11.6 Å². The number of piperidine rings is 1. The molecule has 0 spiro atoms. The molecule has 208 valence electrons. The van der Waals surface area contributed by atoms with Crippen molar-refractivity contribution < 1.29 is 31.5 Å². The average Bonchev–Trinajstić information content (AvgIpc) is 3.41. The minimum absolute atomic E-state index is 0.0281. The number of rotatable bonds is 9. The van der Waals surface area contributed by atoms with E-state index >= 15 is 8.78 Å². The molecular formula is C26H32ClF2N3O5S. The van der Waals surface area contributed by atoms with Crippen LogP contribution in [-0.4, -0.2) is 57.6 Å². The Morgan fingerprint density at radius 3 is 2.34 bits per heavy atom. The van der Waals surface area contributed by atoms with Gasteiger partial charge in [0.2, 0.25) is 15.9 Å². The lowest BCUT2D eigenvalue weighted by Gasteiger charge is -2.35. The van der Waals surface area contributed by atoms with Crippen molar-refractivity contribution in [2.75, 3.05) is 20.2 Å². The number of hydrogen-bond donors (Lipinski definition) is 2. The average molecular weight is 572 g/mol. The molecular weight excluding hydrogens is 540 g/mol. The van der Waals surface area contributed by atoms with Gasteiger partial charge in [-0.3, -0.25) is 4.79 Å². The Morgan fingerprint density at radius 2 is 1.74 bits per heavy atom. The number of amides is 1. The molecule has 0 bridgehead atoms. The lowest BCUT2D eigenvalue weighted by atomic mass is 9.98. The second kappa shape index (κ2) is 11.7. The highest BCUT2D eigenvalue weighted by Crippen LogP contribution is 2.38. The summed E-state index contributed by atoms with van der Waals surface area (Å²) in [5, 5.41) is 0.0976. The third-order valence-electron chi connectivity index (χ3n) is 7.01. The molecule has 4 rings (SSSR count). The van der Waals surface area contributed by atoms with Crippen LogP contribution in [0.5, 0.6) is 11.5 Å². The van der Waals surface area contributed by atoms with Gasteiger partial charge >= 0.3 is 0 Å². The van der Waals surface area contributed by atoms with Crippen LogP contribution in [0.2, 0.25) is 5.02 Å². The number of nitrogens with zero attached hydrogens (tertiary/aromatic N) is 1. The van der Waals surface area contributed by atoms with E-state index in [-0.39, 0.29) is 40.9 Å². The number of alkyl halides is 2. The van der Waals surface area contributed by atoms with Gasteiger partial charge in [-0.15, -0.1) is 0 Å². The fraction of sp³-hybridized carbons (Fsp3) is 0.500. The molecule has 12 heteroatoms. The molecule has 1 aliphatic heterocycles. The Morgan fingerprint density at radius 1 is 1.11 bits per heavy atom. The van der Waals surface area contributed by atoms with Crippen molar-refractivity contribution in [1.29, 1.82) is 0 Å². The molecule has 1 atom stereocenters. The molecule has 38 heavy (non-hydrogen) atoms. The maximum atomic E-state index is 16.0. The van der Waals surface area contributed by atoms with Gasteiger partial charge in [0, 0.05) is 24.7 Å². The quantitative estimate of drug-likeness (QED) is 0.470. The highest BCUT2D eigenvalue weighted by molar-refractivity contribution is 7.89. The lowest BCUT2D eigenvalue weighted by Crippen LogP contribution is -2.58. The van der Waals surface area contributed by atoms with Gasteiger partial charge in [0.25, 0.3) is 5.92 Å². The summed E-state index contributed by atoms with van der Waals surface area (Å²) in [4.78, 5) is 14.4. The molecule has 1 aliphatic carbocycles. The number of nitrogens with one attached hydrogen (secondary N) is 1. The summed E-state index contributed by atoms with van der Waals surface area (Å²) in [6, 6.07) is 6.20. The minimum Gasteiger partial charge on any atom is -0.495 e. The molecule has 1 heterocycles. The first-order valence-corrected chi connectivity index (χ1v) is 14.4. The molecule has 1 amide bonds. The van der Waals surface area contributed by atoms with Gasteiger partial charge < -0.3 is 20.1 Å². The van der Waals surface area contributed by atoms with Crippen molar-refractivity contribution in [2.45, 2.75) is 67.5 Å². The third kappa shape index (κ3) is 6.39. The van der Waals surface area contributed by atoms with Crippen molar-refractivity contribution in [2.24, 2.45) is 5.73 Å². The van der Waals surface area contributed by atoms with Crippen LogP contribution in [-0.2, 0) is 20.7 Å². The molecule has 2 aromatic carbocycles. The number of methoxy groups -OCH3 is 1. The van der Waals surface area contributed by atoms with Crippen LogP contribution in [0.15, 0.2) is 47.4 Å². The first-order chi connectivity index (χ1) is 18.0. The van der Waals surface area contributed by atoms with Gasteiger partial charge in [-0.25, -0.2) is 8.42 Å². The summed E-state index contributed by atoms with van der Waals surface area (Å²) < 4.78 is 71.4. The number of hydrogen-bond acceptors (Lipinski definition) is 6. The topological polar surface area (TPSA) is 111 Å². The van der Waals surface area contributed by atoms with Gasteiger partial charge in [0.05, 0.1) is 23.1 Å². The molecule has 2 fully saturated rings. The van der Waals surface area contributed by atoms with E-state index in [1.165, 1.54) is 42.3 Å². The van der Waals surface area contributed by atoms with Gasteiger partial charge in [-0.05, 0) is 74.9 Å². The first-order valence-electron chi connectivity index (χ1n) is 12.6. The van der Waals surface area contributed by atoms with Crippen LogP contribution in [0.3, 0.4) is 0 Å². The molecule has 2 aliphatic rings. The van der Waals surface area contributed by atoms with Gasteiger partial charge in [-0.2, -0.15) is 13.5 Å². The summed E-state index contributed by atoms with van der Waals surface area (Å²) in [6.45, 7) is 0.289. The monoisotopic (exact) mass is 571 g/mol. The highest BCUT2D eigenvalue weighted by Gasteiger charge is 2.50.